The van der Waals surface area contributed by atoms with Crippen molar-refractivity contribution < 1.29 is 29.0 Å². The summed E-state index contributed by atoms with van der Waals surface area (Å²) < 4.78 is 11.9. The summed E-state index contributed by atoms with van der Waals surface area (Å²) in [5.74, 6) is -2.89. The zero-order valence-corrected chi connectivity index (χ0v) is 20.1. The number of carbonyl (C=O) groups excluding carboxylic acids is 3. The molecule has 3 aliphatic heterocycles. The number of nitrogens with one attached hydrogen (secondary N) is 1. The number of fused-ring (bicyclic) bond motifs is 1. The number of likely N-dealkylation sites (tertiary alicyclic amines) is 1. The number of para-hydroxylation sites is 1. The van der Waals surface area contributed by atoms with Gasteiger partial charge in [0.15, 0.2) is 0 Å². The Morgan fingerprint density at radius 1 is 1.39 bits per heavy atom. The molecule has 4 rings (SSSR count). The molecule has 3 heterocycles. The number of amides is 2. The predicted molar refractivity (Wildman–Crippen MR) is 122 cm³/mol. The van der Waals surface area contributed by atoms with E-state index in [1.165, 1.54) is 4.90 Å². The van der Waals surface area contributed by atoms with Crippen molar-refractivity contribution in [2.75, 3.05) is 25.1 Å². The summed E-state index contributed by atoms with van der Waals surface area (Å²) in [7, 11) is 0. The molecule has 9 heteroatoms. The van der Waals surface area contributed by atoms with Crippen LogP contribution in [0.5, 0.6) is 0 Å². The topological polar surface area (TPSA) is 105 Å². The Bertz CT molecular complexity index is 965. The van der Waals surface area contributed by atoms with Gasteiger partial charge in [-0.3, -0.25) is 14.4 Å². The molecule has 6 atom stereocenters. The van der Waals surface area contributed by atoms with Crippen LogP contribution >= 0.6 is 11.6 Å². The molecule has 8 nitrogen and oxygen atoms in total. The van der Waals surface area contributed by atoms with E-state index in [0.717, 1.165) is 5.56 Å². The number of esters is 1. The molecular weight excluding hydrogens is 448 g/mol. The Kier molecular flexibility index (Phi) is 6.22. The van der Waals surface area contributed by atoms with Crippen LogP contribution in [0.3, 0.4) is 0 Å². The Hall–Kier alpha value is -2.16. The number of aliphatic hydroxyl groups is 1. The smallest absolute Gasteiger partial charge is 0.312 e. The van der Waals surface area contributed by atoms with E-state index in [0.29, 0.717) is 23.6 Å². The minimum Gasteiger partial charge on any atom is -0.466 e. The number of carbonyl (C=O) groups is 3. The minimum absolute atomic E-state index is 0.0638. The van der Waals surface area contributed by atoms with Gasteiger partial charge in [0.1, 0.15) is 17.6 Å². The average molecular weight is 479 g/mol. The number of aliphatic hydroxyl groups excluding tert-OH is 1. The fourth-order valence-electron chi connectivity index (χ4n) is 6.09. The molecule has 3 unspecified atom stereocenters. The summed E-state index contributed by atoms with van der Waals surface area (Å²) in [5, 5.41) is 12.7. The van der Waals surface area contributed by atoms with Crippen molar-refractivity contribution in [1.29, 1.82) is 0 Å². The van der Waals surface area contributed by atoms with Crippen LogP contribution in [0.25, 0.3) is 0 Å². The minimum atomic E-state index is -1.16. The Morgan fingerprint density at radius 3 is 2.76 bits per heavy atom. The largest absolute Gasteiger partial charge is 0.466 e. The third kappa shape index (κ3) is 3.45. The van der Waals surface area contributed by atoms with Crippen LogP contribution < -0.4 is 5.32 Å². The lowest BCUT2D eigenvalue weighted by Crippen LogP contribution is -2.54. The summed E-state index contributed by atoms with van der Waals surface area (Å²) in [4.78, 5) is 41.9. The van der Waals surface area contributed by atoms with Crippen molar-refractivity contribution in [2.45, 2.75) is 57.8 Å². The van der Waals surface area contributed by atoms with Gasteiger partial charge in [-0.25, -0.2) is 0 Å². The molecular formula is C24H31ClN2O6. The monoisotopic (exact) mass is 478 g/mol. The van der Waals surface area contributed by atoms with E-state index in [1.54, 1.807) is 19.1 Å². The molecule has 2 bridgehead atoms. The number of aryl methyl sites for hydroxylation is 1. The van der Waals surface area contributed by atoms with Gasteiger partial charge in [-0.2, -0.15) is 0 Å². The molecule has 3 saturated heterocycles. The van der Waals surface area contributed by atoms with Crippen molar-refractivity contribution in [2.24, 2.45) is 17.8 Å². The van der Waals surface area contributed by atoms with Crippen LogP contribution in [0.1, 0.15) is 39.2 Å². The Morgan fingerprint density at radius 2 is 2.12 bits per heavy atom. The van der Waals surface area contributed by atoms with Crippen LogP contribution in [-0.2, 0) is 23.9 Å². The highest BCUT2D eigenvalue weighted by molar-refractivity contribution is 6.34. The van der Waals surface area contributed by atoms with Gasteiger partial charge in [0.05, 0.1) is 28.8 Å². The van der Waals surface area contributed by atoms with E-state index in [2.05, 4.69) is 5.32 Å². The maximum atomic E-state index is 13.8. The van der Waals surface area contributed by atoms with Crippen LogP contribution in [0.4, 0.5) is 5.69 Å². The second-order valence-corrected chi connectivity index (χ2v) is 9.89. The summed E-state index contributed by atoms with van der Waals surface area (Å²) in [5.41, 5.74) is -0.795. The normalized spacial score (nSPS) is 34.5. The first-order valence-electron chi connectivity index (χ1n) is 11.5. The lowest BCUT2D eigenvalue weighted by atomic mass is 9.62. The molecule has 1 aromatic rings. The number of hydrogen-bond acceptors (Lipinski definition) is 6. The first-order valence-corrected chi connectivity index (χ1v) is 11.8. The molecule has 2 amide bonds. The van der Waals surface area contributed by atoms with Crippen molar-refractivity contribution in [3.8, 4) is 0 Å². The van der Waals surface area contributed by atoms with Gasteiger partial charge in [0.2, 0.25) is 11.8 Å². The predicted octanol–water partition coefficient (Wildman–Crippen LogP) is 2.54. The van der Waals surface area contributed by atoms with Gasteiger partial charge in [-0.05, 0) is 51.2 Å². The van der Waals surface area contributed by atoms with Gasteiger partial charge >= 0.3 is 5.97 Å². The molecule has 1 spiro atoms. The second kappa shape index (κ2) is 8.56. The van der Waals surface area contributed by atoms with Gasteiger partial charge < -0.3 is 24.8 Å². The van der Waals surface area contributed by atoms with E-state index in [9.17, 15) is 19.5 Å². The molecule has 2 N–H and O–H groups in total. The summed E-state index contributed by atoms with van der Waals surface area (Å²) in [6.07, 6.45) is 0.769. The number of hydrogen-bond donors (Lipinski definition) is 2. The summed E-state index contributed by atoms with van der Waals surface area (Å²) in [6.45, 7) is 7.61. The Labute approximate surface area is 198 Å². The second-order valence-electron chi connectivity index (χ2n) is 9.49. The average Bonchev–Trinajstić information content (AvgIpc) is 3.26. The van der Waals surface area contributed by atoms with Crippen LogP contribution in [-0.4, -0.2) is 64.8 Å². The first-order chi connectivity index (χ1) is 15.6. The van der Waals surface area contributed by atoms with E-state index < -0.39 is 41.0 Å². The van der Waals surface area contributed by atoms with Crippen molar-refractivity contribution in [3.05, 3.63) is 28.8 Å². The summed E-state index contributed by atoms with van der Waals surface area (Å²) >= 11 is 6.34. The molecule has 1 aromatic carbocycles. The molecule has 3 fully saturated rings. The lowest BCUT2D eigenvalue weighted by molar-refractivity contribution is -0.160. The highest BCUT2D eigenvalue weighted by Crippen LogP contribution is 2.65. The standard InChI is InChI=1S/C24H31ClN2O6/c1-5-32-22(31)17-16-21(30)27(10-7-11-28)19(24(16)12-14(3)23(17,4)33-24)20(29)26-18-13(2)8-6-9-15(18)25/h6,8-9,14,16-17,19,28H,5,7,10-12H2,1-4H3,(H,26,29)/t14?,16-,17-,19?,23+,24?/m0/s1. The number of anilines is 1. The van der Waals surface area contributed by atoms with Gasteiger partial charge in [0, 0.05) is 13.2 Å². The zero-order chi connectivity index (χ0) is 24.1. The number of ether oxygens (including phenoxy) is 2. The van der Waals surface area contributed by atoms with E-state index in [1.807, 2.05) is 26.8 Å². The quantitative estimate of drug-likeness (QED) is 0.583. The highest BCUT2D eigenvalue weighted by Gasteiger charge is 2.80. The Balaban J connectivity index is 1.77. The van der Waals surface area contributed by atoms with E-state index in [4.69, 9.17) is 21.1 Å². The van der Waals surface area contributed by atoms with Crippen molar-refractivity contribution in [1.82, 2.24) is 4.90 Å². The fraction of sp³-hybridized carbons (Fsp3) is 0.625. The zero-order valence-electron chi connectivity index (χ0n) is 19.4. The highest BCUT2D eigenvalue weighted by atomic mass is 35.5. The summed E-state index contributed by atoms with van der Waals surface area (Å²) in [6, 6.07) is 4.36. The van der Waals surface area contributed by atoms with Gasteiger partial charge in [-0.1, -0.05) is 30.7 Å². The van der Waals surface area contributed by atoms with Crippen LogP contribution in [0.15, 0.2) is 18.2 Å². The van der Waals surface area contributed by atoms with Gasteiger partial charge in [-0.15, -0.1) is 0 Å². The number of nitrogens with zero attached hydrogens (tertiary/aromatic N) is 1. The maximum Gasteiger partial charge on any atom is 0.312 e. The van der Waals surface area contributed by atoms with E-state index >= 15 is 0 Å². The van der Waals surface area contributed by atoms with Crippen LogP contribution in [0.2, 0.25) is 5.02 Å². The SMILES string of the molecule is CCOC(=O)[C@@H]1[C@H]2C(=O)N(CCCO)C(C(=O)Nc3c(C)cccc3Cl)C23CC(C)[C@@]1(C)O3. The third-order valence-corrected chi connectivity index (χ3v) is 7.95. The molecule has 0 saturated carbocycles. The van der Waals surface area contributed by atoms with Crippen LogP contribution in [0, 0.1) is 24.7 Å². The molecule has 180 valence electrons. The number of halogens is 1. The number of benzene rings is 1. The molecule has 0 aliphatic carbocycles. The molecule has 3 aliphatic rings. The number of rotatable bonds is 7. The van der Waals surface area contributed by atoms with E-state index in [-0.39, 0.29) is 31.6 Å². The fourth-order valence-corrected chi connectivity index (χ4v) is 6.36. The third-order valence-electron chi connectivity index (χ3n) is 7.63. The van der Waals surface area contributed by atoms with Crippen molar-refractivity contribution in [3.63, 3.8) is 0 Å². The van der Waals surface area contributed by atoms with Crippen molar-refractivity contribution >= 4 is 35.1 Å². The first kappa shape index (κ1) is 24.0. The lowest BCUT2D eigenvalue weighted by Gasteiger charge is -2.35. The molecule has 0 aromatic heterocycles. The molecule has 0 radical (unpaired) electrons. The molecule has 33 heavy (non-hydrogen) atoms. The maximum absolute atomic E-state index is 13.8. The van der Waals surface area contributed by atoms with Gasteiger partial charge in [0.25, 0.3) is 0 Å².